The summed E-state index contributed by atoms with van der Waals surface area (Å²) in [7, 11) is 2.03. The van der Waals surface area contributed by atoms with E-state index in [9.17, 15) is 4.79 Å². The molecule has 5 nitrogen and oxygen atoms in total. The molecule has 3 N–H and O–H groups in total. The summed E-state index contributed by atoms with van der Waals surface area (Å²) >= 11 is 4.64. The number of nitrogens with one attached hydrogen (secondary N) is 1. The number of hydrogen-bond acceptors (Lipinski definition) is 4. The van der Waals surface area contributed by atoms with Gasteiger partial charge in [0.15, 0.2) is 0 Å². The van der Waals surface area contributed by atoms with Gasteiger partial charge in [0, 0.05) is 19.6 Å². The summed E-state index contributed by atoms with van der Waals surface area (Å²) in [5.41, 5.74) is 5.26. The standard InChI is InChI=1S/C9H17N3O2S/c1-12-2-3-14-7(6-12)5-11-9(13)4-8(10)15/h7H,2-6H2,1H3,(H2,10,15)(H,11,13). The van der Waals surface area contributed by atoms with Crippen LogP contribution in [0.4, 0.5) is 0 Å². The number of morpholine rings is 1. The van der Waals surface area contributed by atoms with Crippen molar-refractivity contribution in [2.24, 2.45) is 5.73 Å². The van der Waals surface area contributed by atoms with Crippen molar-refractivity contribution in [1.29, 1.82) is 0 Å². The van der Waals surface area contributed by atoms with E-state index in [1.807, 2.05) is 7.05 Å². The first-order valence-electron chi connectivity index (χ1n) is 4.93. The van der Waals surface area contributed by atoms with Crippen LogP contribution in [0, 0.1) is 0 Å². The number of amides is 1. The lowest BCUT2D eigenvalue weighted by molar-refractivity contribution is -0.121. The van der Waals surface area contributed by atoms with Crippen LogP contribution in [0.3, 0.4) is 0 Å². The minimum absolute atomic E-state index is 0.0686. The summed E-state index contributed by atoms with van der Waals surface area (Å²) in [5.74, 6) is -0.140. The van der Waals surface area contributed by atoms with E-state index >= 15 is 0 Å². The highest BCUT2D eigenvalue weighted by molar-refractivity contribution is 7.80. The normalized spacial score (nSPS) is 22.3. The van der Waals surface area contributed by atoms with Crippen LogP contribution in [0.2, 0.25) is 0 Å². The van der Waals surface area contributed by atoms with Crippen molar-refractivity contribution in [3.05, 3.63) is 0 Å². The van der Waals surface area contributed by atoms with Crippen LogP contribution in [-0.4, -0.2) is 55.2 Å². The zero-order chi connectivity index (χ0) is 11.3. The van der Waals surface area contributed by atoms with Crippen LogP contribution in [0.5, 0.6) is 0 Å². The Morgan fingerprint density at radius 2 is 2.47 bits per heavy atom. The third-order valence-electron chi connectivity index (χ3n) is 2.20. The molecule has 1 rings (SSSR count). The fourth-order valence-electron chi connectivity index (χ4n) is 1.44. The minimum Gasteiger partial charge on any atom is -0.393 e. The molecular formula is C9H17N3O2S. The van der Waals surface area contributed by atoms with Crippen molar-refractivity contribution >= 4 is 23.1 Å². The van der Waals surface area contributed by atoms with Crippen LogP contribution < -0.4 is 11.1 Å². The van der Waals surface area contributed by atoms with Crippen molar-refractivity contribution in [2.75, 3.05) is 33.3 Å². The second-order valence-electron chi connectivity index (χ2n) is 3.70. The van der Waals surface area contributed by atoms with E-state index in [1.165, 1.54) is 0 Å². The van der Waals surface area contributed by atoms with Crippen molar-refractivity contribution < 1.29 is 9.53 Å². The van der Waals surface area contributed by atoms with Crippen LogP contribution in [0.25, 0.3) is 0 Å². The molecule has 0 aromatic rings. The van der Waals surface area contributed by atoms with Gasteiger partial charge in [-0.2, -0.15) is 0 Å². The zero-order valence-electron chi connectivity index (χ0n) is 8.86. The lowest BCUT2D eigenvalue weighted by atomic mass is 10.2. The maximum absolute atomic E-state index is 11.2. The summed E-state index contributed by atoms with van der Waals surface area (Å²) in [6.45, 7) is 3.02. The molecule has 1 atom stereocenters. The first-order chi connectivity index (χ1) is 7.08. The third-order valence-corrected chi connectivity index (χ3v) is 2.35. The number of ether oxygens (including phenoxy) is 1. The summed E-state index contributed by atoms with van der Waals surface area (Å²) in [4.78, 5) is 13.6. The van der Waals surface area contributed by atoms with Gasteiger partial charge in [-0.3, -0.25) is 4.79 Å². The van der Waals surface area contributed by atoms with Gasteiger partial charge in [0.05, 0.1) is 24.1 Å². The largest absolute Gasteiger partial charge is 0.393 e. The van der Waals surface area contributed by atoms with E-state index in [0.717, 1.165) is 13.1 Å². The summed E-state index contributed by atoms with van der Waals surface area (Å²) in [5, 5.41) is 2.75. The molecule has 0 radical (unpaired) electrons. The molecule has 1 unspecified atom stereocenters. The van der Waals surface area contributed by atoms with E-state index in [-0.39, 0.29) is 23.4 Å². The van der Waals surface area contributed by atoms with Crippen molar-refractivity contribution in [1.82, 2.24) is 10.2 Å². The molecule has 0 saturated carbocycles. The highest BCUT2D eigenvalue weighted by Gasteiger charge is 2.18. The Balaban J connectivity index is 2.18. The molecule has 15 heavy (non-hydrogen) atoms. The van der Waals surface area contributed by atoms with E-state index in [0.29, 0.717) is 13.2 Å². The van der Waals surface area contributed by atoms with Crippen LogP contribution in [-0.2, 0) is 9.53 Å². The van der Waals surface area contributed by atoms with E-state index < -0.39 is 0 Å². The number of rotatable bonds is 4. The van der Waals surface area contributed by atoms with Gasteiger partial charge >= 0.3 is 0 Å². The molecule has 1 aliphatic rings. The number of nitrogens with two attached hydrogens (primary N) is 1. The van der Waals surface area contributed by atoms with Crippen molar-refractivity contribution in [2.45, 2.75) is 12.5 Å². The molecule has 0 spiro atoms. The topological polar surface area (TPSA) is 67.6 Å². The number of thiocarbonyl (C=S) groups is 1. The van der Waals surface area contributed by atoms with Gasteiger partial charge in [-0.25, -0.2) is 0 Å². The highest BCUT2D eigenvalue weighted by atomic mass is 32.1. The predicted octanol–water partition coefficient (Wildman–Crippen LogP) is -0.891. The number of carbonyl (C=O) groups is 1. The van der Waals surface area contributed by atoms with Gasteiger partial charge in [-0.1, -0.05) is 12.2 Å². The Morgan fingerprint density at radius 1 is 1.73 bits per heavy atom. The number of likely N-dealkylation sites (N-methyl/N-ethyl adjacent to an activating group) is 1. The third kappa shape index (κ3) is 5.06. The van der Waals surface area contributed by atoms with Gasteiger partial charge in [0.2, 0.25) is 5.91 Å². The molecule has 6 heteroatoms. The van der Waals surface area contributed by atoms with Crippen LogP contribution >= 0.6 is 12.2 Å². The van der Waals surface area contributed by atoms with E-state index in [2.05, 4.69) is 22.4 Å². The molecule has 1 aliphatic heterocycles. The molecule has 1 amide bonds. The second kappa shape index (κ2) is 5.99. The molecule has 1 heterocycles. The maximum atomic E-state index is 11.2. The van der Waals surface area contributed by atoms with Gasteiger partial charge in [0.25, 0.3) is 0 Å². The van der Waals surface area contributed by atoms with Gasteiger partial charge in [0.1, 0.15) is 0 Å². The lowest BCUT2D eigenvalue weighted by Crippen LogP contribution is -2.46. The maximum Gasteiger partial charge on any atom is 0.226 e. The Morgan fingerprint density at radius 3 is 3.07 bits per heavy atom. The average Bonchev–Trinajstić information content (AvgIpc) is 2.14. The highest BCUT2D eigenvalue weighted by Crippen LogP contribution is 2.01. The number of nitrogens with zero attached hydrogens (tertiary/aromatic N) is 1. The second-order valence-corrected chi connectivity index (χ2v) is 4.23. The minimum atomic E-state index is -0.140. The predicted molar refractivity (Wildman–Crippen MR) is 61.6 cm³/mol. The average molecular weight is 231 g/mol. The fourth-order valence-corrected chi connectivity index (χ4v) is 1.57. The van der Waals surface area contributed by atoms with Gasteiger partial charge in [-0.05, 0) is 7.05 Å². The quantitative estimate of drug-likeness (QED) is 0.614. The van der Waals surface area contributed by atoms with Gasteiger partial charge < -0.3 is 20.7 Å². The fraction of sp³-hybridized carbons (Fsp3) is 0.778. The van der Waals surface area contributed by atoms with Gasteiger partial charge in [-0.15, -0.1) is 0 Å². The van der Waals surface area contributed by atoms with Crippen LogP contribution in [0.1, 0.15) is 6.42 Å². The SMILES string of the molecule is CN1CCOC(CNC(=O)CC(N)=S)C1. The summed E-state index contributed by atoms with van der Waals surface area (Å²) < 4.78 is 5.48. The smallest absolute Gasteiger partial charge is 0.226 e. The Bertz CT molecular complexity index is 248. The summed E-state index contributed by atoms with van der Waals surface area (Å²) in [6.07, 6.45) is 0.178. The van der Waals surface area contributed by atoms with Crippen molar-refractivity contribution in [3.8, 4) is 0 Å². The van der Waals surface area contributed by atoms with E-state index in [1.54, 1.807) is 0 Å². The van der Waals surface area contributed by atoms with Crippen molar-refractivity contribution in [3.63, 3.8) is 0 Å². The van der Waals surface area contributed by atoms with E-state index in [4.69, 9.17) is 10.5 Å². The lowest BCUT2D eigenvalue weighted by Gasteiger charge is -2.30. The zero-order valence-corrected chi connectivity index (χ0v) is 9.68. The Hall–Kier alpha value is -0.720. The molecule has 86 valence electrons. The first kappa shape index (κ1) is 12.4. The molecule has 1 fully saturated rings. The molecule has 0 aromatic heterocycles. The first-order valence-corrected chi connectivity index (χ1v) is 5.34. The summed E-state index contributed by atoms with van der Waals surface area (Å²) in [6, 6.07) is 0. The molecule has 0 aromatic carbocycles. The number of carbonyl (C=O) groups excluding carboxylic acids is 1. The van der Waals surface area contributed by atoms with Crippen LogP contribution in [0.15, 0.2) is 0 Å². The Kier molecular flexibility index (Phi) is 4.93. The number of hydrogen-bond donors (Lipinski definition) is 2. The monoisotopic (exact) mass is 231 g/mol. The molecule has 1 saturated heterocycles. The molecule has 0 bridgehead atoms. The Labute approximate surface area is 94.9 Å². The molecular weight excluding hydrogens is 214 g/mol. The molecule has 0 aliphatic carbocycles.